The van der Waals surface area contributed by atoms with Crippen LogP contribution in [-0.2, 0) is 6.61 Å². The number of aryl methyl sites for hydroxylation is 2. The molecule has 1 aromatic carbocycles. The predicted molar refractivity (Wildman–Crippen MR) is 78.0 cm³/mol. The van der Waals surface area contributed by atoms with E-state index in [0.717, 1.165) is 28.6 Å². The average Bonchev–Trinajstić information content (AvgIpc) is 2.65. The molecule has 1 aliphatic heterocycles. The molecule has 4 nitrogen and oxygen atoms in total. The summed E-state index contributed by atoms with van der Waals surface area (Å²) in [5.74, 6) is 2.18. The van der Waals surface area contributed by atoms with Gasteiger partial charge in [0.2, 0.25) is 5.75 Å². The van der Waals surface area contributed by atoms with Crippen molar-refractivity contribution in [3.05, 3.63) is 33.8 Å². The molecule has 0 fully saturated rings. The van der Waals surface area contributed by atoms with Crippen molar-refractivity contribution >= 4 is 11.3 Å². The Balaban J connectivity index is 1.79. The molecule has 0 aliphatic carbocycles. The van der Waals surface area contributed by atoms with Gasteiger partial charge in [-0.25, -0.2) is 4.98 Å². The molecular weight excluding hydrogens is 274 g/mol. The third kappa shape index (κ3) is 2.72. The second kappa shape index (κ2) is 5.71. The molecule has 5 heteroatoms. The lowest BCUT2D eigenvalue weighted by Crippen LogP contribution is -2.01. The van der Waals surface area contributed by atoms with E-state index in [1.54, 1.807) is 11.3 Å². The number of thiazole rings is 1. The van der Waals surface area contributed by atoms with Crippen LogP contribution in [0.5, 0.6) is 17.2 Å². The molecule has 0 atom stereocenters. The van der Waals surface area contributed by atoms with Gasteiger partial charge in [0.1, 0.15) is 6.61 Å². The van der Waals surface area contributed by atoms with Gasteiger partial charge in [-0.3, -0.25) is 0 Å². The Morgan fingerprint density at radius 2 is 2.10 bits per heavy atom. The summed E-state index contributed by atoms with van der Waals surface area (Å²) in [7, 11) is 0. The van der Waals surface area contributed by atoms with E-state index in [9.17, 15) is 0 Å². The Hall–Kier alpha value is -1.75. The summed E-state index contributed by atoms with van der Waals surface area (Å²) in [6, 6.07) is 5.73. The zero-order valence-corrected chi connectivity index (χ0v) is 12.5. The van der Waals surface area contributed by atoms with Gasteiger partial charge >= 0.3 is 0 Å². The van der Waals surface area contributed by atoms with Gasteiger partial charge in [-0.1, -0.05) is 6.07 Å². The van der Waals surface area contributed by atoms with Gasteiger partial charge in [0.05, 0.1) is 23.9 Å². The molecule has 0 spiro atoms. The molecule has 0 amide bonds. The second-order valence-electron chi connectivity index (χ2n) is 4.66. The molecule has 3 rings (SSSR count). The highest BCUT2D eigenvalue weighted by molar-refractivity contribution is 7.11. The fraction of sp³-hybridized carbons (Fsp3) is 0.400. The smallest absolute Gasteiger partial charge is 0.203 e. The molecule has 1 aliphatic rings. The maximum absolute atomic E-state index is 5.88. The Morgan fingerprint density at radius 1 is 1.25 bits per heavy atom. The topological polar surface area (TPSA) is 40.6 Å². The van der Waals surface area contributed by atoms with Crippen molar-refractivity contribution in [2.24, 2.45) is 0 Å². The van der Waals surface area contributed by atoms with Crippen molar-refractivity contribution < 1.29 is 14.2 Å². The minimum absolute atomic E-state index is 0.454. The lowest BCUT2D eigenvalue weighted by atomic mass is 10.3. The number of hydrogen-bond acceptors (Lipinski definition) is 5. The molecule has 2 heterocycles. The van der Waals surface area contributed by atoms with Crippen LogP contribution < -0.4 is 14.2 Å². The molecule has 1 aromatic heterocycles. The Kier molecular flexibility index (Phi) is 3.78. The van der Waals surface area contributed by atoms with Gasteiger partial charge in [-0.2, -0.15) is 0 Å². The minimum atomic E-state index is 0.454. The van der Waals surface area contributed by atoms with E-state index in [1.807, 2.05) is 25.1 Å². The van der Waals surface area contributed by atoms with Crippen LogP contribution >= 0.6 is 11.3 Å². The van der Waals surface area contributed by atoms with Gasteiger partial charge in [0.15, 0.2) is 11.5 Å². The molecule has 0 unspecified atom stereocenters. The summed E-state index contributed by atoms with van der Waals surface area (Å²) in [4.78, 5) is 5.67. The molecule has 0 bridgehead atoms. The number of benzene rings is 1. The first-order valence-electron chi connectivity index (χ1n) is 6.68. The first-order valence-corrected chi connectivity index (χ1v) is 7.50. The molecule has 0 saturated heterocycles. The van der Waals surface area contributed by atoms with E-state index in [0.29, 0.717) is 25.6 Å². The number of hydrogen-bond donors (Lipinski definition) is 0. The van der Waals surface area contributed by atoms with Crippen LogP contribution in [0.2, 0.25) is 0 Å². The molecule has 0 saturated carbocycles. The van der Waals surface area contributed by atoms with Gasteiger partial charge in [0.25, 0.3) is 0 Å². The van der Waals surface area contributed by atoms with E-state index in [-0.39, 0.29) is 0 Å². The maximum atomic E-state index is 5.88. The van der Waals surface area contributed by atoms with E-state index >= 15 is 0 Å². The Morgan fingerprint density at radius 3 is 2.90 bits per heavy atom. The lowest BCUT2D eigenvalue weighted by molar-refractivity contribution is 0.261. The van der Waals surface area contributed by atoms with Gasteiger partial charge in [-0.15, -0.1) is 11.3 Å². The van der Waals surface area contributed by atoms with Crippen LogP contribution in [0.25, 0.3) is 0 Å². The summed E-state index contributed by atoms with van der Waals surface area (Å²) < 4.78 is 17.3. The van der Waals surface area contributed by atoms with Gasteiger partial charge < -0.3 is 14.2 Å². The Labute approximate surface area is 122 Å². The van der Waals surface area contributed by atoms with Crippen molar-refractivity contribution in [2.75, 3.05) is 13.2 Å². The van der Waals surface area contributed by atoms with Crippen molar-refractivity contribution in [3.8, 4) is 17.2 Å². The van der Waals surface area contributed by atoms with Crippen molar-refractivity contribution in [1.29, 1.82) is 0 Å². The van der Waals surface area contributed by atoms with Crippen molar-refractivity contribution in [2.45, 2.75) is 26.9 Å². The zero-order valence-electron chi connectivity index (χ0n) is 11.6. The average molecular weight is 291 g/mol. The number of aromatic nitrogens is 1. The second-order valence-corrected chi connectivity index (χ2v) is 6.07. The molecule has 106 valence electrons. The first kappa shape index (κ1) is 13.2. The number of nitrogens with zero attached hydrogens (tertiary/aromatic N) is 1. The van der Waals surface area contributed by atoms with Crippen LogP contribution in [0, 0.1) is 13.8 Å². The van der Waals surface area contributed by atoms with E-state index in [4.69, 9.17) is 14.2 Å². The van der Waals surface area contributed by atoms with Crippen LogP contribution in [0.15, 0.2) is 18.2 Å². The van der Waals surface area contributed by atoms with E-state index in [2.05, 4.69) is 11.9 Å². The van der Waals surface area contributed by atoms with Crippen molar-refractivity contribution in [3.63, 3.8) is 0 Å². The highest BCUT2D eigenvalue weighted by atomic mass is 32.1. The molecule has 0 radical (unpaired) electrons. The third-order valence-corrected chi connectivity index (χ3v) is 4.03. The standard InChI is InChI=1S/C15H17NO3S/c1-10-12(16-11(2)20-10)9-19-14-6-3-5-13-15(14)18-8-4-7-17-13/h3,5-6H,4,7-9H2,1-2H3. The number of fused-ring (bicyclic) bond motifs is 1. The predicted octanol–water partition coefficient (Wildman–Crippen LogP) is 3.50. The maximum Gasteiger partial charge on any atom is 0.203 e. The first-order chi connectivity index (χ1) is 9.74. The monoisotopic (exact) mass is 291 g/mol. The summed E-state index contributed by atoms with van der Waals surface area (Å²) in [6.07, 6.45) is 0.887. The molecule has 20 heavy (non-hydrogen) atoms. The van der Waals surface area contributed by atoms with Gasteiger partial charge in [0, 0.05) is 11.3 Å². The summed E-state index contributed by atoms with van der Waals surface area (Å²) in [5.41, 5.74) is 0.986. The van der Waals surface area contributed by atoms with E-state index < -0.39 is 0 Å². The summed E-state index contributed by atoms with van der Waals surface area (Å²) in [5, 5.41) is 1.06. The third-order valence-electron chi connectivity index (χ3n) is 3.10. The molecule has 2 aromatic rings. The molecular formula is C15H17NO3S. The van der Waals surface area contributed by atoms with Crippen molar-refractivity contribution in [1.82, 2.24) is 4.98 Å². The van der Waals surface area contributed by atoms with Gasteiger partial charge in [-0.05, 0) is 26.0 Å². The minimum Gasteiger partial charge on any atom is -0.489 e. The Bertz CT molecular complexity index is 609. The largest absolute Gasteiger partial charge is 0.489 e. The van der Waals surface area contributed by atoms with E-state index in [1.165, 1.54) is 4.88 Å². The highest BCUT2D eigenvalue weighted by Crippen LogP contribution is 2.39. The normalized spacial score (nSPS) is 13.9. The van der Waals surface area contributed by atoms with Crippen LogP contribution in [-0.4, -0.2) is 18.2 Å². The lowest BCUT2D eigenvalue weighted by Gasteiger charge is -2.12. The quantitative estimate of drug-likeness (QED) is 0.868. The highest BCUT2D eigenvalue weighted by Gasteiger charge is 2.16. The fourth-order valence-corrected chi connectivity index (χ4v) is 2.95. The zero-order chi connectivity index (χ0) is 13.9. The summed E-state index contributed by atoms with van der Waals surface area (Å²) >= 11 is 1.69. The van der Waals surface area contributed by atoms with Crippen LogP contribution in [0.1, 0.15) is 22.0 Å². The van der Waals surface area contributed by atoms with Crippen LogP contribution in [0.4, 0.5) is 0 Å². The number of rotatable bonds is 3. The summed E-state index contributed by atoms with van der Waals surface area (Å²) in [6.45, 7) is 5.86. The fourth-order valence-electron chi connectivity index (χ4n) is 2.13. The SMILES string of the molecule is Cc1nc(COc2cccc3c2OCCCO3)c(C)s1. The number of ether oxygens (including phenoxy) is 3. The number of para-hydroxylation sites is 1. The van der Waals surface area contributed by atoms with Crippen LogP contribution in [0.3, 0.4) is 0 Å². The molecule has 0 N–H and O–H groups in total.